The number of fused-ring (bicyclic) bond motifs is 2. The summed E-state index contributed by atoms with van der Waals surface area (Å²) in [5.74, 6) is 0.388. The molecule has 2 fully saturated rings. The molecule has 3 heteroatoms. The molecular weight excluding hydrogens is 236 g/mol. The Hall–Kier alpha value is -1.35. The van der Waals surface area contributed by atoms with Gasteiger partial charge in [-0.1, -0.05) is 29.8 Å². The van der Waals surface area contributed by atoms with Crippen LogP contribution in [0.1, 0.15) is 43.4 Å². The second kappa shape index (κ2) is 4.97. The number of amides is 1. The van der Waals surface area contributed by atoms with Crippen molar-refractivity contribution in [2.75, 3.05) is 0 Å². The Balaban J connectivity index is 1.61. The van der Waals surface area contributed by atoms with E-state index in [1.165, 1.54) is 17.5 Å². The summed E-state index contributed by atoms with van der Waals surface area (Å²) < 4.78 is 0. The van der Waals surface area contributed by atoms with E-state index in [2.05, 4.69) is 48.7 Å². The van der Waals surface area contributed by atoms with Crippen LogP contribution in [0.15, 0.2) is 24.3 Å². The van der Waals surface area contributed by atoms with Crippen molar-refractivity contribution in [3.63, 3.8) is 0 Å². The van der Waals surface area contributed by atoms with Gasteiger partial charge in [-0.3, -0.25) is 4.79 Å². The van der Waals surface area contributed by atoms with Gasteiger partial charge in [0, 0.05) is 12.1 Å². The van der Waals surface area contributed by atoms with Gasteiger partial charge in [0.05, 0.1) is 12.0 Å². The summed E-state index contributed by atoms with van der Waals surface area (Å²) in [5.41, 5.74) is 2.43. The number of benzene rings is 1. The summed E-state index contributed by atoms with van der Waals surface area (Å²) in [6.07, 6.45) is 3.40. The van der Waals surface area contributed by atoms with E-state index in [-0.39, 0.29) is 17.9 Å². The van der Waals surface area contributed by atoms with Gasteiger partial charge >= 0.3 is 0 Å². The summed E-state index contributed by atoms with van der Waals surface area (Å²) in [6.45, 7) is 4.14. The highest BCUT2D eigenvalue weighted by molar-refractivity contribution is 5.80. The molecule has 1 amide bonds. The zero-order valence-corrected chi connectivity index (χ0v) is 11.6. The number of nitrogens with one attached hydrogen (secondary N) is 2. The zero-order valence-electron chi connectivity index (χ0n) is 11.6. The van der Waals surface area contributed by atoms with Gasteiger partial charge < -0.3 is 10.6 Å². The van der Waals surface area contributed by atoms with Gasteiger partial charge in [0.1, 0.15) is 0 Å². The maximum absolute atomic E-state index is 12.3. The third-order valence-corrected chi connectivity index (χ3v) is 4.57. The summed E-state index contributed by atoms with van der Waals surface area (Å²) in [5, 5.41) is 6.68. The van der Waals surface area contributed by atoms with Crippen molar-refractivity contribution in [3.05, 3.63) is 35.4 Å². The van der Waals surface area contributed by atoms with Gasteiger partial charge in [0.15, 0.2) is 0 Å². The van der Waals surface area contributed by atoms with Gasteiger partial charge in [-0.2, -0.15) is 0 Å². The van der Waals surface area contributed by atoms with Crippen LogP contribution in [-0.2, 0) is 4.79 Å². The van der Waals surface area contributed by atoms with E-state index < -0.39 is 0 Å². The second-order valence-corrected chi connectivity index (χ2v) is 6.03. The van der Waals surface area contributed by atoms with E-state index in [4.69, 9.17) is 0 Å². The quantitative estimate of drug-likeness (QED) is 0.873. The van der Waals surface area contributed by atoms with Crippen molar-refractivity contribution >= 4 is 5.91 Å². The molecule has 2 aliphatic heterocycles. The molecule has 0 aliphatic carbocycles. The number of aryl methyl sites for hydroxylation is 1. The van der Waals surface area contributed by atoms with Gasteiger partial charge in [-0.15, -0.1) is 0 Å². The predicted molar refractivity (Wildman–Crippen MR) is 75.8 cm³/mol. The minimum Gasteiger partial charge on any atom is -0.349 e. The van der Waals surface area contributed by atoms with Crippen molar-refractivity contribution in [1.29, 1.82) is 0 Å². The van der Waals surface area contributed by atoms with E-state index in [0.717, 1.165) is 12.8 Å². The van der Waals surface area contributed by atoms with Crippen molar-refractivity contribution in [2.45, 2.75) is 51.2 Å². The molecule has 2 bridgehead atoms. The first-order valence-electron chi connectivity index (χ1n) is 7.26. The second-order valence-electron chi connectivity index (χ2n) is 6.03. The smallest absolute Gasteiger partial charge is 0.225 e. The molecule has 2 heterocycles. The molecule has 102 valence electrons. The molecule has 1 aromatic carbocycles. The maximum Gasteiger partial charge on any atom is 0.225 e. The molecule has 2 saturated heterocycles. The van der Waals surface area contributed by atoms with Crippen LogP contribution < -0.4 is 10.6 Å². The fourth-order valence-electron chi connectivity index (χ4n) is 3.37. The molecular formula is C16H22N2O. The lowest BCUT2D eigenvalue weighted by Gasteiger charge is -2.22. The largest absolute Gasteiger partial charge is 0.349 e. The SMILES string of the molecule is Cc1ccc(C(C)NC(=O)C2CC3CCC2N3)cc1. The van der Waals surface area contributed by atoms with Crippen LogP contribution >= 0.6 is 0 Å². The van der Waals surface area contributed by atoms with Crippen LogP contribution in [0.25, 0.3) is 0 Å². The Bertz CT molecular complexity index is 468. The minimum atomic E-state index is 0.0900. The van der Waals surface area contributed by atoms with Crippen molar-refractivity contribution in [1.82, 2.24) is 10.6 Å². The maximum atomic E-state index is 12.3. The average molecular weight is 258 g/mol. The van der Waals surface area contributed by atoms with E-state index in [1.54, 1.807) is 0 Å². The molecule has 4 unspecified atom stereocenters. The summed E-state index contributed by atoms with van der Waals surface area (Å²) >= 11 is 0. The topological polar surface area (TPSA) is 41.1 Å². The highest BCUT2D eigenvalue weighted by Gasteiger charge is 2.42. The number of rotatable bonds is 3. The molecule has 4 atom stereocenters. The number of carbonyl (C=O) groups is 1. The molecule has 19 heavy (non-hydrogen) atoms. The fourth-order valence-corrected chi connectivity index (χ4v) is 3.37. The highest BCUT2D eigenvalue weighted by Crippen LogP contribution is 2.33. The third-order valence-electron chi connectivity index (χ3n) is 4.57. The summed E-state index contributed by atoms with van der Waals surface area (Å²) in [4.78, 5) is 12.3. The molecule has 0 radical (unpaired) electrons. The van der Waals surface area contributed by atoms with Crippen molar-refractivity contribution in [2.24, 2.45) is 5.92 Å². The highest BCUT2D eigenvalue weighted by atomic mass is 16.2. The van der Waals surface area contributed by atoms with Crippen molar-refractivity contribution in [3.8, 4) is 0 Å². The van der Waals surface area contributed by atoms with Crippen LogP contribution in [0.3, 0.4) is 0 Å². The number of hydrogen-bond donors (Lipinski definition) is 2. The van der Waals surface area contributed by atoms with Gasteiger partial charge in [0.2, 0.25) is 5.91 Å². The Morgan fingerprint density at radius 3 is 2.63 bits per heavy atom. The van der Waals surface area contributed by atoms with Crippen LogP contribution in [0.2, 0.25) is 0 Å². The first kappa shape index (κ1) is 12.7. The standard InChI is InChI=1S/C16H22N2O/c1-10-3-5-12(6-4-10)11(2)17-16(19)14-9-13-7-8-15(14)18-13/h3-6,11,13-15,18H,7-9H2,1-2H3,(H,17,19). The Morgan fingerprint density at radius 1 is 1.32 bits per heavy atom. The minimum absolute atomic E-state index is 0.0900. The van der Waals surface area contributed by atoms with E-state index in [9.17, 15) is 4.79 Å². The Kier molecular flexibility index (Phi) is 3.31. The summed E-state index contributed by atoms with van der Waals surface area (Å²) in [6, 6.07) is 9.46. The fraction of sp³-hybridized carbons (Fsp3) is 0.562. The number of carbonyl (C=O) groups excluding carboxylic acids is 1. The zero-order chi connectivity index (χ0) is 13.4. The average Bonchev–Trinajstić information content (AvgIpc) is 3.01. The van der Waals surface area contributed by atoms with Crippen LogP contribution in [0, 0.1) is 12.8 Å². The van der Waals surface area contributed by atoms with E-state index >= 15 is 0 Å². The van der Waals surface area contributed by atoms with E-state index in [1.807, 2.05) is 0 Å². The lowest BCUT2D eigenvalue weighted by molar-refractivity contribution is -0.126. The predicted octanol–water partition coefficient (Wildman–Crippen LogP) is 2.31. The van der Waals surface area contributed by atoms with Crippen LogP contribution in [0.4, 0.5) is 0 Å². The molecule has 0 saturated carbocycles. The van der Waals surface area contributed by atoms with E-state index in [0.29, 0.717) is 12.1 Å². The van der Waals surface area contributed by atoms with Crippen LogP contribution in [-0.4, -0.2) is 18.0 Å². The van der Waals surface area contributed by atoms with Gasteiger partial charge in [0.25, 0.3) is 0 Å². The molecule has 3 nitrogen and oxygen atoms in total. The first-order valence-corrected chi connectivity index (χ1v) is 7.26. The van der Waals surface area contributed by atoms with Crippen LogP contribution in [0.5, 0.6) is 0 Å². The Morgan fingerprint density at radius 2 is 2.05 bits per heavy atom. The lowest BCUT2D eigenvalue weighted by Crippen LogP contribution is -2.38. The third kappa shape index (κ3) is 2.52. The molecule has 2 N–H and O–H groups in total. The first-order chi connectivity index (χ1) is 9.13. The van der Waals surface area contributed by atoms with Gasteiger partial charge in [-0.05, 0) is 38.7 Å². The molecule has 2 aliphatic rings. The molecule has 0 aromatic heterocycles. The summed E-state index contributed by atoms with van der Waals surface area (Å²) in [7, 11) is 0. The Labute approximate surface area is 114 Å². The normalized spacial score (nSPS) is 30.3. The number of hydrogen-bond acceptors (Lipinski definition) is 2. The van der Waals surface area contributed by atoms with Crippen molar-refractivity contribution < 1.29 is 4.79 Å². The molecule has 3 rings (SSSR count). The van der Waals surface area contributed by atoms with Gasteiger partial charge in [-0.25, -0.2) is 0 Å². The monoisotopic (exact) mass is 258 g/mol. The molecule has 0 spiro atoms. The molecule has 1 aromatic rings. The lowest BCUT2D eigenvalue weighted by atomic mass is 9.88.